The summed E-state index contributed by atoms with van der Waals surface area (Å²) in [5.41, 5.74) is 2.60. The second-order valence-corrected chi connectivity index (χ2v) is 5.69. The quantitative estimate of drug-likeness (QED) is 0.805. The van der Waals surface area contributed by atoms with Gasteiger partial charge >= 0.3 is 0 Å². The fraction of sp³-hybridized carbons (Fsp3) is 0.400. The summed E-state index contributed by atoms with van der Waals surface area (Å²) in [5.74, 6) is 0.559. The zero-order valence-corrected chi connectivity index (χ0v) is 11.8. The number of thiazole rings is 1. The van der Waals surface area contributed by atoms with Crippen molar-refractivity contribution in [2.24, 2.45) is 0 Å². The summed E-state index contributed by atoms with van der Waals surface area (Å²) in [7, 11) is 0. The number of aromatic nitrogens is 1. The summed E-state index contributed by atoms with van der Waals surface area (Å²) in [4.78, 5) is 4.46. The lowest BCUT2D eigenvalue weighted by atomic mass is 10.0. The molecular formula is C15H20N2S. The van der Waals surface area contributed by atoms with Gasteiger partial charge in [-0.25, -0.2) is 4.98 Å². The van der Waals surface area contributed by atoms with Gasteiger partial charge in [0.1, 0.15) is 0 Å². The van der Waals surface area contributed by atoms with E-state index in [1.54, 1.807) is 11.3 Å². The van der Waals surface area contributed by atoms with Crippen LogP contribution in [0.25, 0.3) is 0 Å². The molecule has 0 aliphatic carbocycles. The van der Waals surface area contributed by atoms with E-state index in [0.29, 0.717) is 5.92 Å². The predicted molar refractivity (Wildman–Crippen MR) is 78.3 cm³/mol. The molecule has 2 rings (SSSR count). The Morgan fingerprint density at radius 3 is 2.72 bits per heavy atom. The van der Waals surface area contributed by atoms with Gasteiger partial charge in [-0.05, 0) is 18.4 Å². The van der Waals surface area contributed by atoms with E-state index in [-0.39, 0.29) is 0 Å². The number of hydrogen-bond donors (Lipinski definition) is 1. The fourth-order valence-corrected chi connectivity index (χ4v) is 2.60. The molecule has 2 nitrogen and oxygen atoms in total. The van der Waals surface area contributed by atoms with E-state index in [4.69, 9.17) is 0 Å². The number of aryl methyl sites for hydroxylation is 1. The number of benzene rings is 1. The highest BCUT2D eigenvalue weighted by molar-refractivity contribution is 7.09. The molecule has 0 amide bonds. The first-order valence-electron chi connectivity index (χ1n) is 6.42. The lowest BCUT2D eigenvalue weighted by Crippen LogP contribution is -2.22. The van der Waals surface area contributed by atoms with Crippen LogP contribution in [0.3, 0.4) is 0 Å². The fourth-order valence-electron chi connectivity index (χ4n) is 1.96. The molecule has 1 N–H and O–H groups in total. The summed E-state index contributed by atoms with van der Waals surface area (Å²) in [6.07, 6.45) is 1.02. The molecule has 0 fully saturated rings. The third-order valence-corrected chi connectivity index (χ3v) is 3.87. The van der Waals surface area contributed by atoms with Gasteiger partial charge in [0.05, 0.1) is 10.7 Å². The van der Waals surface area contributed by atoms with Crippen molar-refractivity contribution in [3.8, 4) is 0 Å². The normalized spacial score (nSPS) is 12.6. The third-order valence-electron chi connectivity index (χ3n) is 3.04. The van der Waals surface area contributed by atoms with E-state index in [2.05, 4.69) is 59.9 Å². The van der Waals surface area contributed by atoms with Gasteiger partial charge in [-0.3, -0.25) is 0 Å². The van der Waals surface area contributed by atoms with Crippen molar-refractivity contribution in [3.05, 3.63) is 52.0 Å². The standard InChI is InChI=1S/C15H20N2S/c1-12(14-6-4-3-5-7-14)10-16-9-8-15-11-18-13(2)17-15/h3-7,11-12,16H,8-10H2,1-2H3. The van der Waals surface area contributed by atoms with Crippen LogP contribution < -0.4 is 5.32 Å². The molecule has 0 saturated heterocycles. The van der Waals surface area contributed by atoms with E-state index < -0.39 is 0 Å². The highest BCUT2D eigenvalue weighted by Gasteiger charge is 2.04. The maximum Gasteiger partial charge on any atom is 0.0897 e. The molecular weight excluding hydrogens is 240 g/mol. The van der Waals surface area contributed by atoms with Crippen molar-refractivity contribution in [3.63, 3.8) is 0 Å². The van der Waals surface area contributed by atoms with Crippen LogP contribution >= 0.6 is 11.3 Å². The monoisotopic (exact) mass is 260 g/mol. The van der Waals surface area contributed by atoms with Crippen molar-refractivity contribution >= 4 is 11.3 Å². The molecule has 2 aromatic rings. The van der Waals surface area contributed by atoms with E-state index >= 15 is 0 Å². The summed E-state index contributed by atoms with van der Waals surface area (Å²) in [6, 6.07) is 10.6. The third kappa shape index (κ3) is 3.93. The maximum atomic E-state index is 4.46. The van der Waals surface area contributed by atoms with Crippen LogP contribution in [0.1, 0.15) is 29.1 Å². The van der Waals surface area contributed by atoms with Gasteiger partial charge in [-0.2, -0.15) is 0 Å². The molecule has 1 heterocycles. The average molecular weight is 260 g/mol. The van der Waals surface area contributed by atoms with Crippen LogP contribution in [0.2, 0.25) is 0 Å². The molecule has 1 atom stereocenters. The first kappa shape index (κ1) is 13.2. The number of nitrogens with one attached hydrogen (secondary N) is 1. The highest BCUT2D eigenvalue weighted by atomic mass is 32.1. The molecule has 18 heavy (non-hydrogen) atoms. The van der Waals surface area contributed by atoms with Gasteiger partial charge in [0.15, 0.2) is 0 Å². The molecule has 1 aromatic carbocycles. The van der Waals surface area contributed by atoms with Crippen molar-refractivity contribution in [1.29, 1.82) is 0 Å². The number of rotatable bonds is 6. The number of nitrogens with zero attached hydrogens (tertiary/aromatic N) is 1. The highest BCUT2D eigenvalue weighted by Crippen LogP contribution is 2.13. The largest absolute Gasteiger partial charge is 0.316 e. The lowest BCUT2D eigenvalue weighted by Gasteiger charge is -2.12. The van der Waals surface area contributed by atoms with Crippen LogP contribution in [-0.4, -0.2) is 18.1 Å². The summed E-state index contributed by atoms with van der Waals surface area (Å²) in [5, 5.41) is 6.81. The minimum absolute atomic E-state index is 0.559. The lowest BCUT2D eigenvalue weighted by molar-refractivity contribution is 0.612. The molecule has 0 spiro atoms. The molecule has 96 valence electrons. The van der Waals surface area contributed by atoms with Crippen molar-refractivity contribution < 1.29 is 0 Å². The predicted octanol–water partition coefficient (Wildman–Crippen LogP) is 3.39. The van der Waals surface area contributed by atoms with Gasteiger partial charge in [-0.15, -0.1) is 11.3 Å². The van der Waals surface area contributed by atoms with Crippen LogP contribution in [0.5, 0.6) is 0 Å². The Bertz CT molecular complexity index is 464. The zero-order valence-electron chi connectivity index (χ0n) is 11.0. The molecule has 0 bridgehead atoms. The van der Waals surface area contributed by atoms with Gasteiger partial charge in [0.25, 0.3) is 0 Å². The second-order valence-electron chi connectivity index (χ2n) is 4.62. The van der Waals surface area contributed by atoms with Crippen molar-refractivity contribution in [2.75, 3.05) is 13.1 Å². The maximum absolute atomic E-state index is 4.46. The minimum atomic E-state index is 0.559. The Morgan fingerprint density at radius 1 is 1.28 bits per heavy atom. The summed E-state index contributed by atoms with van der Waals surface area (Å²) in [6.45, 7) is 6.34. The number of hydrogen-bond acceptors (Lipinski definition) is 3. The molecule has 3 heteroatoms. The van der Waals surface area contributed by atoms with Crippen LogP contribution in [0.15, 0.2) is 35.7 Å². The molecule has 0 aliphatic rings. The van der Waals surface area contributed by atoms with E-state index in [1.165, 1.54) is 11.3 Å². The first-order valence-corrected chi connectivity index (χ1v) is 7.30. The summed E-state index contributed by atoms with van der Waals surface area (Å²) < 4.78 is 0. The van der Waals surface area contributed by atoms with Crippen LogP contribution in [0.4, 0.5) is 0 Å². The molecule has 0 radical (unpaired) electrons. The molecule has 0 aliphatic heterocycles. The second kappa shape index (κ2) is 6.66. The van der Waals surface area contributed by atoms with Crippen LogP contribution in [-0.2, 0) is 6.42 Å². The van der Waals surface area contributed by atoms with E-state index in [1.807, 2.05) is 0 Å². The topological polar surface area (TPSA) is 24.9 Å². The van der Waals surface area contributed by atoms with Crippen molar-refractivity contribution in [2.45, 2.75) is 26.2 Å². The molecule has 1 aromatic heterocycles. The minimum Gasteiger partial charge on any atom is -0.316 e. The Kier molecular flexibility index (Phi) is 4.90. The summed E-state index contributed by atoms with van der Waals surface area (Å²) >= 11 is 1.73. The molecule has 1 unspecified atom stereocenters. The SMILES string of the molecule is Cc1nc(CCNCC(C)c2ccccc2)cs1. The molecule has 0 saturated carbocycles. The average Bonchev–Trinajstić information content (AvgIpc) is 2.81. The Hall–Kier alpha value is -1.19. The van der Waals surface area contributed by atoms with Gasteiger partial charge in [-0.1, -0.05) is 37.3 Å². The van der Waals surface area contributed by atoms with Gasteiger partial charge in [0, 0.05) is 24.9 Å². The Balaban J connectivity index is 1.69. The zero-order chi connectivity index (χ0) is 12.8. The smallest absolute Gasteiger partial charge is 0.0897 e. The van der Waals surface area contributed by atoms with E-state index in [0.717, 1.165) is 24.5 Å². The van der Waals surface area contributed by atoms with Crippen molar-refractivity contribution in [1.82, 2.24) is 10.3 Å². The van der Waals surface area contributed by atoms with Gasteiger partial charge in [0.2, 0.25) is 0 Å². The Morgan fingerprint density at radius 2 is 2.06 bits per heavy atom. The Labute approximate surface area is 113 Å². The first-order chi connectivity index (χ1) is 8.75. The van der Waals surface area contributed by atoms with Gasteiger partial charge < -0.3 is 5.32 Å². The van der Waals surface area contributed by atoms with Crippen LogP contribution in [0, 0.1) is 6.92 Å². The van der Waals surface area contributed by atoms with E-state index in [9.17, 15) is 0 Å².